The highest BCUT2D eigenvalue weighted by molar-refractivity contribution is 5.29. The molecule has 0 saturated heterocycles. The van der Waals surface area contributed by atoms with Crippen LogP contribution in [0.1, 0.15) is 31.3 Å². The maximum atomic E-state index is 10.3. The van der Waals surface area contributed by atoms with Crippen molar-refractivity contribution in [3.8, 4) is 5.75 Å². The molecule has 2 unspecified atom stereocenters. The lowest BCUT2D eigenvalue weighted by Crippen LogP contribution is -2.31. The molecule has 4 heteroatoms. The molecule has 0 bridgehead atoms. The van der Waals surface area contributed by atoms with Gasteiger partial charge in [-0.25, -0.2) is 0 Å². The number of aliphatic hydroxyl groups excluding tert-OH is 1. The molecule has 0 aliphatic rings. The summed E-state index contributed by atoms with van der Waals surface area (Å²) in [5.74, 6) is 1.68. The predicted molar refractivity (Wildman–Crippen MR) is 77.6 cm³/mol. The van der Waals surface area contributed by atoms with E-state index in [0.717, 1.165) is 17.1 Å². The molecule has 4 nitrogen and oxygen atoms in total. The van der Waals surface area contributed by atoms with Gasteiger partial charge in [0.05, 0.1) is 25.5 Å². The van der Waals surface area contributed by atoms with Gasteiger partial charge in [0.2, 0.25) is 0 Å². The van der Waals surface area contributed by atoms with Crippen LogP contribution in [0.3, 0.4) is 0 Å². The molecule has 0 fully saturated rings. The predicted octanol–water partition coefficient (Wildman–Crippen LogP) is 2.89. The van der Waals surface area contributed by atoms with Crippen molar-refractivity contribution in [3.63, 3.8) is 0 Å². The zero-order valence-electron chi connectivity index (χ0n) is 11.9. The first-order valence-corrected chi connectivity index (χ1v) is 6.87. The minimum absolute atomic E-state index is 0.0713. The molecule has 0 aliphatic heterocycles. The summed E-state index contributed by atoms with van der Waals surface area (Å²) in [5.41, 5.74) is 0.868. The van der Waals surface area contributed by atoms with Gasteiger partial charge in [0, 0.05) is 6.04 Å². The largest absolute Gasteiger partial charge is 0.494 e. The van der Waals surface area contributed by atoms with Crippen LogP contribution in [0, 0.1) is 0 Å². The molecule has 108 valence electrons. The molecule has 1 aromatic carbocycles. The summed E-state index contributed by atoms with van der Waals surface area (Å²) in [6.45, 7) is 5.14. The van der Waals surface area contributed by atoms with Crippen LogP contribution in [0.4, 0.5) is 0 Å². The number of ether oxygens (including phenoxy) is 1. The van der Waals surface area contributed by atoms with Gasteiger partial charge in [-0.2, -0.15) is 0 Å². The fourth-order valence-corrected chi connectivity index (χ4v) is 2.00. The Morgan fingerprint density at radius 2 is 2.00 bits per heavy atom. The number of rotatable bonds is 7. The van der Waals surface area contributed by atoms with Crippen molar-refractivity contribution in [3.05, 3.63) is 54.0 Å². The third-order valence-corrected chi connectivity index (χ3v) is 3.18. The van der Waals surface area contributed by atoms with Crippen LogP contribution in [0.25, 0.3) is 0 Å². The maximum absolute atomic E-state index is 10.3. The maximum Gasteiger partial charge on any atom is 0.119 e. The minimum Gasteiger partial charge on any atom is -0.494 e. The Morgan fingerprint density at radius 1 is 1.25 bits per heavy atom. The number of hydrogen-bond donors (Lipinski definition) is 2. The van der Waals surface area contributed by atoms with E-state index in [9.17, 15) is 5.11 Å². The summed E-state index contributed by atoms with van der Waals surface area (Å²) < 4.78 is 10.6. The quantitative estimate of drug-likeness (QED) is 0.816. The van der Waals surface area contributed by atoms with Crippen molar-refractivity contribution in [1.29, 1.82) is 0 Å². The standard InChI is InChI=1S/C16H21NO3/c1-3-19-14-8-6-13(7-9-14)16(18)12(2)17-11-15-5-4-10-20-15/h4-10,12,16-18H,3,11H2,1-2H3. The highest BCUT2D eigenvalue weighted by Gasteiger charge is 2.16. The molecule has 0 spiro atoms. The average Bonchev–Trinajstić information content (AvgIpc) is 2.98. The highest BCUT2D eigenvalue weighted by Crippen LogP contribution is 2.20. The molecule has 2 N–H and O–H groups in total. The molecule has 0 radical (unpaired) electrons. The Morgan fingerprint density at radius 3 is 2.60 bits per heavy atom. The molecule has 1 heterocycles. The summed E-state index contributed by atoms with van der Waals surface area (Å²) in [6, 6.07) is 11.2. The van der Waals surface area contributed by atoms with E-state index in [1.165, 1.54) is 0 Å². The highest BCUT2D eigenvalue weighted by atomic mass is 16.5. The monoisotopic (exact) mass is 275 g/mol. The van der Waals surface area contributed by atoms with Crippen LogP contribution in [0.5, 0.6) is 5.75 Å². The van der Waals surface area contributed by atoms with E-state index < -0.39 is 6.10 Å². The van der Waals surface area contributed by atoms with Crippen LogP contribution >= 0.6 is 0 Å². The fraction of sp³-hybridized carbons (Fsp3) is 0.375. The second-order valence-electron chi connectivity index (χ2n) is 4.70. The van der Waals surface area contributed by atoms with Crippen molar-refractivity contribution in [2.24, 2.45) is 0 Å². The Hall–Kier alpha value is -1.78. The lowest BCUT2D eigenvalue weighted by atomic mass is 10.0. The smallest absolute Gasteiger partial charge is 0.119 e. The van der Waals surface area contributed by atoms with Crippen molar-refractivity contribution >= 4 is 0 Å². The van der Waals surface area contributed by atoms with Gasteiger partial charge < -0.3 is 19.6 Å². The van der Waals surface area contributed by atoms with Gasteiger partial charge in [-0.1, -0.05) is 12.1 Å². The van der Waals surface area contributed by atoms with E-state index in [0.29, 0.717) is 13.2 Å². The van der Waals surface area contributed by atoms with Gasteiger partial charge in [0.1, 0.15) is 11.5 Å². The molecule has 2 atom stereocenters. The Kier molecular flexibility index (Phi) is 5.21. The summed E-state index contributed by atoms with van der Waals surface area (Å²) in [7, 11) is 0. The first-order valence-electron chi connectivity index (χ1n) is 6.87. The van der Waals surface area contributed by atoms with Gasteiger partial charge >= 0.3 is 0 Å². The van der Waals surface area contributed by atoms with Crippen LogP contribution in [-0.2, 0) is 6.54 Å². The van der Waals surface area contributed by atoms with Crippen molar-refractivity contribution < 1.29 is 14.3 Å². The molecular formula is C16H21NO3. The number of hydrogen-bond acceptors (Lipinski definition) is 4. The molecule has 0 saturated carbocycles. The van der Waals surface area contributed by atoms with E-state index in [2.05, 4.69) is 5.32 Å². The third-order valence-electron chi connectivity index (χ3n) is 3.18. The summed E-state index contributed by atoms with van der Waals surface area (Å²) in [5, 5.41) is 13.6. The number of benzene rings is 1. The van der Waals surface area contributed by atoms with Gasteiger partial charge in [0.25, 0.3) is 0 Å². The van der Waals surface area contributed by atoms with Crippen molar-refractivity contribution in [2.75, 3.05) is 6.61 Å². The lowest BCUT2D eigenvalue weighted by Gasteiger charge is -2.20. The Bertz CT molecular complexity index is 493. The number of aliphatic hydroxyl groups is 1. The minimum atomic E-state index is -0.569. The van der Waals surface area contributed by atoms with Gasteiger partial charge in [-0.05, 0) is 43.7 Å². The zero-order valence-corrected chi connectivity index (χ0v) is 11.9. The SMILES string of the molecule is CCOc1ccc(C(O)C(C)NCc2ccco2)cc1. The fourth-order valence-electron chi connectivity index (χ4n) is 2.00. The second kappa shape index (κ2) is 7.12. The molecule has 1 aromatic heterocycles. The second-order valence-corrected chi connectivity index (χ2v) is 4.70. The van der Waals surface area contributed by atoms with E-state index in [1.807, 2.05) is 50.2 Å². The summed E-state index contributed by atoms with van der Waals surface area (Å²) in [4.78, 5) is 0. The van der Waals surface area contributed by atoms with E-state index >= 15 is 0 Å². The third kappa shape index (κ3) is 3.85. The van der Waals surface area contributed by atoms with Crippen molar-refractivity contribution in [2.45, 2.75) is 32.5 Å². The van der Waals surface area contributed by atoms with Crippen LogP contribution in [0.2, 0.25) is 0 Å². The topological polar surface area (TPSA) is 54.6 Å². The normalized spacial score (nSPS) is 13.9. The first kappa shape index (κ1) is 14.6. The lowest BCUT2D eigenvalue weighted by molar-refractivity contribution is 0.134. The van der Waals surface area contributed by atoms with Crippen molar-refractivity contribution in [1.82, 2.24) is 5.32 Å². The molecule has 2 aromatic rings. The molecule has 2 rings (SSSR count). The van der Waals surface area contributed by atoms with Crippen LogP contribution in [-0.4, -0.2) is 17.8 Å². The van der Waals surface area contributed by atoms with E-state index in [1.54, 1.807) is 6.26 Å². The molecular weight excluding hydrogens is 254 g/mol. The van der Waals surface area contributed by atoms with Gasteiger partial charge in [-0.3, -0.25) is 0 Å². The van der Waals surface area contributed by atoms with Crippen LogP contribution in [0.15, 0.2) is 47.1 Å². The summed E-state index contributed by atoms with van der Waals surface area (Å²) >= 11 is 0. The van der Waals surface area contributed by atoms with Gasteiger partial charge in [-0.15, -0.1) is 0 Å². The van der Waals surface area contributed by atoms with Gasteiger partial charge in [0.15, 0.2) is 0 Å². The molecule has 20 heavy (non-hydrogen) atoms. The van der Waals surface area contributed by atoms with Crippen LogP contribution < -0.4 is 10.1 Å². The van der Waals surface area contributed by atoms with E-state index in [-0.39, 0.29) is 6.04 Å². The first-order chi connectivity index (χ1) is 9.70. The van der Waals surface area contributed by atoms with E-state index in [4.69, 9.17) is 9.15 Å². The molecule has 0 aliphatic carbocycles. The molecule has 0 amide bonds. The number of nitrogens with one attached hydrogen (secondary N) is 1. The zero-order chi connectivity index (χ0) is 14.4. The number of furan rings is 1. The average molecular weight is 275 g/mol. The Balaban J connectivity index is 1.90. The Labute approximate surface area is 119 Å². The summed E-state index contributed by atoms with van der Waals surface area (Å²) in [6.07, 6.45) is 1.07.